The lowest BCUT2D eigenvalue weighted by Gasteiger charge is -2.28. The molecule has 1 aromatic heterocycles. The van der Waals surface area contributed by atoms with Gasteiger partial charge in [-0.25, -0.2) is 12.7 Å². The Morgan fingerprint density at radius 3 is 2.24 bits per heavy atom. The minimum Gasteiger partial charge on any atom is -0.457 e. The van der Waals surface area contributed by atoms with Crippen LogP contribution in [-0.2, 0) is 14.8 Å². The first-order valence-corrected chi connectivity index (χ1v) is 12.1. The number of furan rings is 1. The van der Waals surface area contributed by atoms with Crippen molar-refractivity contribution in [1.82, 2.24) is 4.31 Å². The lowest BCUT2D eigenvalue weighted by molar-refractivity contribution is 0.104. The molecule has 0 bridgehead atoms. The zero-order valence-electron chi connectivity index (χ0n) is 18.6. The van der Waals surface area contributed by atoms with Gasteiger partial charge in [0.25, 0.3) is 0 Å². The molecule has 0 unspecified atom stereocenters. The lowest BCUT2D eigenvalue weighted by Crippen LogP contribution is -2.36. The number of carbonyl (C=O) groups is 1. The Labute approximate surface area is 193 Å². The number of ether oxygens (including phenoxy) is 1. The maximum absolute atomic E-state index is 12.5. The third-order valence-electron chi connectivity index (χ3n) is 5.47. The van der Waals surface area contributed by atoms with Gasteiger partial charge in [0.15, 0.2) is 5.78 Å². The van der Waals surface area contributed by atoms with Crippen LogP contribution < -0.4 is 4.90 Å². The highest BCUT2D eigenvalue weighted by Crippen LogP contribution is 2.25. The fourth-order valence-electron chi connectivity index (χ4n) is 3.51. The van der Waals surface area contributed by atoms with Crippen LogP contribution in [0.4, 0.5) is 5.69 Å². The molecule has 0 N–H and O–H groups in total. The van der Waals surface area contributed by atoms with Crippen LogP contribution in [0.5, 0.6) is 0 Å². The van der Waals surface area contributed by atoms with Crippen LogP contribution >= 0.6 is 0 Å². The summed E-state index contributed by atoms with van der Waals surface area (Å²) in [5, 5.41) is 0. The summed E-state index contributed by atoms with van der Waals surface area (Å²) >= 11 is 0. The Kier molecular flexibility index (Phi) is 6.78. The van der Waals surface area contributed by atoms with E-state index in [1.165, 1.54) is 24.5 Å². The van der Waals surface area contributed by atoms with E-state index in [0.29, 0.717) is 30.3 Å². The lowest BCUT2D eigenvalue weighted by atomic mass is 10.1. The van der Waals surface area contributed by atoms with Gasteiger partial charge < -0.3 is 14.1 Å². The maximum Gasteiger partial charge on any atom is 0.242 e. The molecule has 8 heteroatoms. The Balaban J connectivity index is 1.42. The number of morpholine rings is 1. The molecule has 4 rings (SSSR count). The van der Waals surface area contributed by atoms with Crippen LogP contribution in [0, 0.1) is 0 Å². The number of sulfonamides is 1. The van der Waals surface area contributed by atoms with Crippen molar-refractivity contribution in [2.75, 3.05) is 45.3 Å². The molecule has 0 aliphatic carbocycles. The summed E-state index contributed by atoms with van der Waals surface area (Å²) in [6, 6.07) is 17.6. The first-order chi connectivity index (χ1) is 15.8. The van der Waals surface area contributed by atoms with Crippen LogP contribution in [0.25, 0.3) is 17.4 Å². The summed E-state index contributed by atoms with van der Waals surface area (Å²) < 4.78 is 36.8. The van der Waals surface area contributed by atoms with E-state index in [-0.39, 0.29) is 10.7 Å². The predicted molar refractivity (Wildman–Crippen MR) is 128 cm³/mol. The molecule has 0 saturated carbocycles. The molecule has 1 fully saturated rings. The average Bonchev–Trinajstić information content (AvgIpc) is 3.32. The van der Waals surface area contributed by atoms with E-state index in [4.69, 9.17) is 9.15 Å². The molecule has 0 amide bonds. The van der Waals surface area contributed by atoms with Crippen LogP contribution in [0.2, 0.25) is 0 Å². The van der Waals surface area contributed by atoms with Gasteiger partial charge in [-0.3, -0.25) is 4.79 Å². The number of hydrogen-bond donors (Lipinski definition) is 0. The highest BCUT2D eigenvalue weighted by Gasteiger charge is 2.17. The Morgan fingerprint density at radius 1 is 0.939 bits per heavy atom. The third kappa shape index (κ3) is 5.24. The fourth-order valence-corrected chi connectivity index (χ4v) is 4.41. The van der Waals surface area contributed by atoms with Crippen molar-refractivity contribution in [2.24, 2.45) is 0 Å². The topological polar surface area (TPSA) is 80.1 Å². The number of nitrogens with zero attached hydrogens (tertiary/aromatic N) is 2. The van der Waals surface area contributed by atoms with E-state index in [0.717, 1.165) is 24.3 Å². The summed E-state index contributed by atoms with van der Waals surface area (Å²) in [5.41, 5.74) is 2.43. The molecule has 172 valence electrons. The van der Waals surface area contributed by atoms with Crippen molar-refractivity contribution in [3.63, 3.8) is 0 Å². The molecule has 33 heavy (non-hydrogen) atoms. The van der Waals surface area contributed by atoms with Crippen LogP contribution in [0.1, 0.15) is 16.1 Å². The monoisotopic (exact) mass is 466 g/mol. The smallest absolute Gasteiger partial charge is 0.242 e. The van der Waals surface area contributed by atoms with E-state index < -0.39 is 10.0 Å². The number of allylic oxidation sites excluding steroid dienone is 1. The maximum atomic E-state index is 12.5. The molecule has 1 aliphatic heterocycles. The van der Waals surface area contributed by atoms with Crippen molar-refractivity contribution in [1.29, 1.82) is 0 Å². The summed E-state index contributed by atoms with van der Waals surface area (Å²) in [4.78, 5) is 15.0. The standard InChI is InChI=1S/C25H26N2O5S/c1-26(2)33(29,30)23-11-5-20(6-12-23)25-14-10-22(32-25)9-13-24(28)19-3-7-21(8-4-19)27-15-17-31-18-16-27/h3-14H,15-18H2,1-2H3/b13-9+. The highest BCUT2D eigenvalue weighted by molar-refractivity contribution is 7.89. The van der Waals surface area contributed by atoms with Gasteiger partial charge in [-0.2, -0.15) is 0 Å². The molecule has 2 aromatic carbocycles. The molecule has 0 atom stereocenters. The van der Waals surface area contributed by atoms with Crippen molar-refractivity contribution in [3.05, 3.63) is 78.1 Å². The van der Waals surface area contributed by atoms with E-state index in [1.54, 1.807) is 42.5 Å². The first kappa shape index (κ1) is 23.0. The van der Waals surface area contributed by atoms with Crippen molar-refractivity contribution in [3.8, 4) is 11.3 Å². The molecule has 2 heterocycles. The molecular weight excluding hydrogens is 440 g/mol. The highest BCUT2D eigenvalue weighted by atomic mass is 32.2. The number of ketones is 1. The molecule has 1 aliphatic rings. The molecule has 0 spiro atoms. The van der Waals surface area contributed by atoms with E-state index in [9.17, 15) is 13.2 Å². The van der Waals surface area contributed by atoms with Gasteiger partial charge in [0.05, 0.1) is 18.1 Å². The van der Waals surface area contributed by atoms with Crippen molar-refractivity contribution in [2.45, 2.75) is 4.90 Å². The second kappa shape index (κ2) is 9.74. The summed E-state index contributed by atoms with van der Waals surface area (Å²) in [5.74, 6) is 1.01. The average molecular weight is 467 g/mol. The number of anilines is 1. The van der Waals surface area contributed by atoms with Crippen molar-refractivity contribution >= 4 is 27.6 Å². The van der Waals surface area contributed by atoms with E-state index in [1.807, 2.05) is 24.3 Å². The quantitative estimate of drug-likeness (QED) is 0.388. The Hall–Kier alpha value is -3.20. The van der Waals surface area contributed by atoms with Gasteiger partial charge in [0, 0.05) is 44.0 Å². The minimum atomic E-state index is -3.48. The van der Waals surface area contributed by atoms with E-state index >= 15 is 0 Å². The number of benzene rings is 2. The summed E-state index contributed by atoms with van der Waals surface area (Å²) in [7, 11) is -0.490. The Morgan fingerprint density at radius 2 is 1.61 bits per heavy atom. The molecule has 0 radical (unpaired) electrons. The zero-order valence-corrected chi connectivity index (χ0v) is 19.4. The number of rotatable bonds is 7. The fraction of sp³-hybridized carbons (Fsp3) is 0.240. The number of hydrogen-bond acceptors (Lipinski definition) is 6. The molecule has 3 aromatic rings. The van der Waals surface area contributed by atoms with Gasteiger partial charge in [0.2, 0.25) is 10.0 Å². The minimum absolute atomic E-state index is 0.111. The normalized spacial score (nSPS) is 14.8. The molecule has 7 nitrogen and oxygen atoms in total. The summed E-state index contributed by atoms with van der Waals surface area (Å²) in [6.07, 6.45) is 3.12. The largest absolute Gasteiger partial charge is 0.457 e. The van der Waals surface area contributed by atoms with Gasteiger partial charge in [0.1, 0.15) is 11.5 Å². The second-order valence-corrected chi connectivity index (χ2v) is 10.0. The SMILES string of the molecule is CN(C)S(=O)(=O)c1ccc(-c2ccc(/C=C/C(=O)c3ccc(N4CCOCC4)cc3)o2)cc1. The summed E-state index contributed by atoms with van der Waals surface area (Å²) in [6.45, 7) is 3.13. The Bertz CT molecular complexity index is 1240. The van der Waals surface area contributed by atoms with Crippen LogP contribution in [0.15, 0.2) is 76.1 Å². The molecular formula is C25H26N2O5S. The molecule has 1 saturated heterocycles. The van der Waals surface area contributed by atoms with Crippen LogP contribution in [0.3, 0.4) is 0 Å². The second-order valence-electron chi connectivity index (χ2n) is 7.86. The first-order valence-electron chi connectivity index (χ1n) is 10.6. The third-order valence-corrected chi connectivity index (χ3v) is 7.30. The zero-order chi connectivity index (χ0) is 23.4. The predicted octanol–water partition coefficient (Wildman–Crippen LogP) is 3.93. The van der Waals surface area contributed by atoms with Crippen LogP contribution in [-0.4, -0.2) is 58.9 Å². The van der Waals surface area contributed by atoms with Gasteiger partial charge in [-0.05, 0) is 72.8 Å². The van der Waals surface area contributed by atoms with Gasteiger partial charge in [-0.1, -0.05) is 0 Å². The van der Waals surface area contributed by atoms with Crippen molar-refractivity contribution < 1.29 is 22.4 Å². The van der Waals surface area contributed by atoms with E-state index in [2.05, 4.69) is 4.90 Å². The van der Waals surface area contributed by atoms with Gasteiger partial charge >= 0.3 is 0 Å². The van der Waals surface area contributed by atoms with Gasteiger partial charge in [-0.15, -0.1) is 0 Å². The number of carbonyl (C=O) groups excluding carboxylic acids is 1.